The first-order chi connectivity index (χ1) is 10.4. The van der Waals surface area contributed by atoms with Gasteiger partial charge in [0.2, 0.25) is 0 Å². The summed E-state index contributed by atoms with van der Waals surface area (Å²) in [5.41, 5.74) is -1.55. The summed E-state index contributed by atoms with van der Waals surface area (Å²) < 4.78 is 11.6. The molecule has 8 heteroatoms. The Morgan fingerprint density at radius 2 is 1.14 bits per heavy atom. The molecule has 2 rings (SSSR count). The molecule has 2 heterocycles. The first-order valence-corrected chi connectivity index (χ1v) is 6.81. The Morgan fingerprint density at radius 1 is 0.818 bits per heavy atom. The maximum Gasteiger partial charge on any atom is 0.345 e. The second-order valence-corrected chi connectivity index (χ2v) is 4.60. The van der Waals surface area contributed by atoms with Crippen molar-refractivity contribution in [2.45, 2.75) is 27.7 Å². The zero-order valence-corrected chi connectivity index (χ0v) is 12.8. The van der Waals surface area contributed by atoms with Gasteiger partial charge in [-0.15, -0.1) is 0 Å². The van der Waals surface area contributed by atoms with Crippen molar-refractivity contribution in [3.05, 3.63) is 43.2 Å². The van der Waals surface area contributed by atoms with Crippen LogP contribution in [-0.2, 0) is 9.47 Å². The number of aryl methyl sites for hydroxylation is 2. The maximum atomic E-state index is 12.4. The fourth-order valence-corrected chi connectivity index (χ4v) is 2.40. The van der Waals surface area contributed by atoms with Crippen LogP contribution < -0.4 is 11.1 Å². The normalized spacial score (nSPS) is 10.9. The average Bonchev–Trinajstić information content (AvgIpc) is 2.85. The van der Waals surface area contributed by atoms with Gasteiger partial charge in [-0.1, -0.05) is 0 Å². The van der Waals surface area contributed by atoms with Gasteiger partial charge in [0.05, 0.1) is 24.6 Å². The summed E-state index contributed by atoms with van der Waals surface area (Å²) in [7, 11) is 0. The van der Waals surface area contributed by atoms with Crippen LogP contribution in [0.1, 0.15) is 46.0 Å². The molecule has 0 bridgehead atoms. The summed E-state index contributed by atoms with van der Waals surface area (Å²) in [5.74, 6) is -1.59. The Hall–Kier alpha value is -2.64. The van der Waals surface area contributed by atoms with Crippen LogP contribution in [0, 0.1) is 13.8 Å². The smallest absolute Gasteiger partial charge is 0.345 e. The van der Waals surface area contributed by atoms with Gasteiger partial charge >= 0.3 is 11.9 Å². The molecule has 8 nitrogen and oxygen atoms in total. The lowest BCUT2D eigenvalue weighted by molar-refractivity contribution is 0.0516. The average molecular weight is 308 g/mol. The number of rotatable bonds is 4. The van der Waals surface area contributed by atoms with E-state index in [-0.39, 0.29) is 35.7 Å². The van der Waals surface area contributed by atoms with Gasteiger partial charge in [-0.2, -0.15) is 0 Å². The Balaban J connectivity index is 2.79. The van der Waals surface area contributed by atoms with E-state index in [4.69, 9.17) is 9.47 Å². The molecule has 0 aliphatic rings. The van der Waals surface area contributed by atoms with E-state index in [2.05, 4.69) is 0 Å². The molecule has 0 spiro atoms. The van der Waals surface area contributed by atoms with Crippen LogP contribution in [0.25, 0.3) is 0 Å². The number of carbonyl (C=O) groups excluding carboxylic acids is 2. The van der Waals surface area contributed by atoms with Crippen molar-refractivity contribution in [2.24, 2.45) is 0 Å². The van der Waals surface area contributed by atoms with Crippen LogP contribution in [0.5, 0.6) is 0 Å². The number of hydrogen-bond acceptors (Lipinski definition) is 6. The van der Waals surface area contributed by atoms with Crippen molar-refractivity contribution in [2.75, 3.05) is 13.2 Å². The van der Waals surface area contributed by atoms with Gasteiger partial charge in [0.1, 0.15) is 11.1 Å². The summed E-state index contributed by atoms with van der Waals surface area (Å²) in [4.78, 5) is 48.5. The summed E-state index contributed by atoms with van der Waals surface area (Å²) in [5, 5.41) is 0. The highest BCUT2D eigenvalue weighted by Gasteiger charge is 2.29. The van der Waals surface area contributed by atoms with Crippen molar-refractivity contribution in [3.8, 4) is 0 Å². The lowest BCUT2D eigenvalue weighted by atomic mass is 10.2. The van der Waals surface area contributed by atoms with Crippen molar-refractivity contribution >= 4 is 11.9 Å². The first kappa shape index (κ1) is 15.7. The minimum Gasteiger partial charge on any atom is -0.462 e. The van der Waals surface area contributed by atoms with Crippen molar-refractivity contribution in [1.29, 1.82) is 0 Å². The quantitative estimate of drug-likeness (QED) is 0.747. The summed E-state index contributed by atoms with van der Waals surface area (Å²) in [6, 6.07) is 0. The highest BCUT2D eigenvalue weighted by atomic mass is 16.5. The monoisotopic (exact) mass is 308 g/mol. The Morgan fingerprint density at radius 3 is 1.41 bits per heavy atom. The van der Waals surface area contributed by atoms with Crippen LogP contribution in [0.3, 0.4) is 0 Å². The van der Waals surface area contributed by atoms with E-state index in [0.29, 0.717) is 0 Å². The number of hydrogen-bond donors (Lipinski definition) is 0. The van der Waals surface area contributed by atoms with Crippen LogP contribution in [0.2, 0.25) is 0 Å². The molecule has 2 aromatic rings. The molecule has 0 aliphatic heterocycles. The van der Waals surface area contributed by atoms with E-state index < -0.39 is 23.1 Å². The molecule has 0 fully saturated rings. The second kappa shape index (κ2) is 5.63. The summed E-state index contributed by atoms with van der Waals surface area (Å²) in [6.07, 6.45) is 0. The van der Waals surface area contributed by atoms with Gasteiger partial charge in [0.25, 0.3) is 11.1 Å². The molecule has 2 aromatic heterocycles. The van der Waals surface area contributed by atoms with Gasteiger partial charge in [-0.25, -0.2) is 18.6 Å². The number of nitrogens with zero attached hydrogens (tertiary/aromatic N) is 2. The molecule has 0 amide bonds. The molecule has 118 valence electrons. The fourth-order valence-electron chi connectivity index (χ4n) is 2.40. The Bertz CT molecular complexity index is 789. The zero-order chi connectivity index (χ0) is 16.6. The van der Waals surface area contributed by atoms with E-state index in [9.17, 15) is 19.2 Å². The fraction of sp³-hybridized carbons (Fsp3) is 0.429. The van der Waals surface area contributed by atoms with Crippen molar-refractivity contribution in [1.82, 2.24) is 9.03 Å². The Labute approximate surface area is 125 Å². The molecule has 0 saturated carbocycles. The van der Waals surface area contributed by atoms with Gasteiger partial charge in [0, 0.05) is 0 Å². The van der Waals surface area contributed by atoms with Gasteiger partial charge < -0.3 is 9.47 Å². The second-order valence-electron chi connectivity index (χ2n) is 4.60. The highest BCUT2D eigenvalue weighted by molar-refractivity contribution is 5.92. The predicted molar refractivity (Wildman–Crippen MR) is 76.0 cm³/mol. The molecule has 0 radical (unpaired) electrons. The third kappa shape index (κ3) is 2.07. The van der Waals surface area contributed by atoms with E-state index in [1.54, 1.807) is 13.8 Å². The number of fused-ring (bicyclic) bond motifs is 1. The zero-order valence-electron chi connectivity index (χ0n) is 12.8. The van der Waals surface area contributed by atoms with E-state index in [0.717, 1.165) is 9.03 Å². The molecular formula is C14H16N2O6. The first-order valence-electron chi connectivity index (χ1n) is 6.81. The van der Waals surface area contributed by atoms with Crippen LogP contribution >= 0.6 is 0 Å². The minimum atomic E-state index is -0.794. The predicted octanol–water partition coefficient (Wildman–Crippen LogP) is 0.167. The molecule has 0 unspecified atom stereocenters. The van der Waals surface area contributed by atoms with Gasteiger partial charge in [-0.05, 0) is 27.7 Å². The number of ether oxygens (including phenoxy) is 2. The molecule has 0 atom stereocenters. The summed E-state index contributed by atoms with van der Waals surface area (Å²) in [6.45, 7) is 6.35. The van der Waals surface area contributed by atoms with E-state index in [1.807, 2.05) is 0 Å². The lowest BCUT2D eigenvalue weighted by Crippen LogP contribution is -2.20. The summed E-state index contributed by atoms with van der Waals surface area (Å²) >= 11 is 0. The van der Waals surface area contributed by atoms with Gasteiger partial charge in [-0.3, -0.25) is 9.59 Å². The van der Waals surface area contributed by atoms with Crippen LogP contribution in [-0.4, -0.2) is 34.2 Å². The third-order valence-corrected chi connectivity index (χ3v) is 3.33. The maximum absolute atomic E-state index is 12.4. The van der Waals surface area contributed by atoms with Crippen molar-refractivity contribution < 1.29 is 19.1 Å². The molecule has 0 aromatic carbocycles. The molecular weight excluding hydrogens is 292 g/mol. The largest absolute Gasteiger partial charge is 0.462 e. The molecule has 0 aliphatic carbocycles. The number of carbonyl (C=O) groups is 2. The SMILES string of the molecule is CCOC(=O)c1c(C)n2c(=O)c(C(=O)OCC)c(C)n2c1=O. The minimum absolute atomic E-state index is 0.111. The lowest BCUT2D eigenvalue weighted by Gasteiger charge is -1.99. The highest BCUT2D eigenvalue weighted by Crippen LogP contribution is 2.10. The van der Waals surface area contributed by atoms with Gasteiger partial charge in [0.15, 0.2) is 0 Å². The Kier molecular flexibility index (Phi) is 4.03. The van der Waals surface area contributed by atoms with E-state index in [1.165, 1.54) is 13.8 Å². The molecule has 22 heavy (non-hydrogen) atoms. The number of aromatic nitrogens is 2. The van der Waals surface area contributed by atoms with E-state index >= 15 is 0 Å². The standard InChI is InChI=1S/C14H16N2O6/c1-5-21-13(19)9-7(3)15-12(18)10(14(20)22-6-2)8(4)16(15)11(9)17/h5-6H2,1-4H3. The number of esters is 2. The topological polar surface area (TPSA) is 95.6 Å². The van der Waals surface area contributed by atoms with Crippen molar-refractivity contribution in [3.63, 3.8) is 0 Å². The third-order valence-electron chi connectivity index (χ3n) is 3.33. The van der Waals surface area contributed by atoms with Crippen LogP contribution in [0.4, 0.5) is 0 Å². The molecule has 0 N–H and O–H groups in total. The molecule has 0 saturated heterocycles. The van der Waals surface area contributed by atoms with Crippen LogP contribution in [0.15, 0.2) is 9.59 Å².